The van der Waals surface area contributed by atoms with E-state index in [1.165, 1.54) is 42.6 Å². The number of pyridine rings is 1. The maximum absolute atomic E-state index is 12.4. The number of benzene rings is 1. The van der Waals surface area contributed by atoms with Crippen molar-refractivity contribution in [2.24, 2.45) is 0 Å². The number of ether oxygens (including phenoxy) is 1. The second kappa shape index (κ2) is 7.38. The number of carbonyl (C=O) groups is 1. The lowest BCUT2D eigenvalue weighted by atomic mass is 10.1. The van der Waals surface area contributed by atoms with Crippen LogP contribution in [0.3, 0.4) is 0 Å². The van der Waals surface area contributed by atoms with Crippen LogP contribution in [0, 0.1) is 10.1 Å². The molecule has 0 radical (unpaired) electrons. The Bertz CT molecular complexity index is 942. The van der Waals surface area contributed by atoms with Crippen LogP contribution in [-0.4, -0.2) is 37.7 Å². The number of carbonyl (C=O) groups excluding carboxylic acids is 1. The molecule has 0 saturated heterocycles. The third-order valence-corrected chi connectivity index (χ3v) is 3.58. The van der Waals surface area contributed by atoms with Crippen molar-refractivity contribution < 1.29 is 14.5 Å². The Morgan fingerprint density at radius 1 is 1.38 bits per heavy atom. The predicted octanol–water partition coefficient (Wildman–Crippen LogP) is 1.51. The fourth-order valence-electron chi connectivity index (χ4n) is 2.36. The van der Waals surface area contributed by atoms with Gasteiger partial charge in [-0.1, -0.05) is 6.07 Å². The first-order valence-electron chi connectivity index (χ1n) is 7.49. The minimum absolute atomic E-state index is 0.156. The monoisotopic (exact) mass is 354 g/mol. The number of aromatic nitrogens is 4. The lowest BCUT2D eigenvalue weighted by Gasteiger charge is -2.09. The Labute approximate surface area is 147 Å². The molecular weight excluding hydrogens is 340 g/mol. The average molecular weight is 354 g/mol. The first-order valence-corrected chi connectivity index (χ1v) is 7.49. The van der Waals surface area contributed by atoms with Crippen LogP contribution in [0.2, 0.25) is 0 Å². The first-order chi connectivity index (χ1) is 12.6. The zero-order chi connectivity index (χ0) is 18.5. The van der Waals surface area contributed by atoms with Crippen molar-refractivity contribution in [2.75, 3.05) is 7.11 Å². The van der Waals surface area contributed by atoms with Gasteiger partial charge in [-0.15, -0.1) is 0 Å². The van der Waals surface area contributed by atoms with E-state index < -0.39 is 10.8 Å². The molecule has 10 nitrogen and oxygen atoms in total. The molecule has 2 aromatic heterocycles. The summed E-state index contributed by atoms with van der Waals surface area (Å²) in [4.78, 5) is 30.9. The zero-order valence-corrected chi connectivity index (χ0v) is 13.7. The molecule has 1 N–H and O–H groups in total. The van der Waals surface area contributed by atoms with E-state index in [9.17, 15) is 14.9 Å². The molecule has 0 aliphatic heterocycles. The lowest BCUT2D eigenvalue weighted by molar-refractivity contribution is -0.384. The molecule has 10 heteroatoms. The molecule has 0 atom stereocenters. The van der Waals surface area contributed by atoms with Gasteiger partial charge in [0.2, 0.25) is 5.88 Å². The number of nitro groups is 1. The summed E-state index contributed by atoms with van der Waals surface area (Å²) in [5.41, 5.74) is 0.820. The second-order valence-electron chi connectivity index (χ2n) is 5.16. The van der Waals surface area contributed by atoms with Crippen LogP contribution >= 0.6 is 0 Å². The Hall–Kier alpha value is -3.82. The van der Waals surface area contributed by atoms with Crippen LogP contribution in [0.4, 0.5) is 5.69 Å². The highest BCUT2D eigenvalue weighted by Gasteiger charge is 2.19. The normalized spacial score (nSPS) is 10.3. The molecule has 1 aromatic carbocycles. The number of nitrogens with zero attached hydrogens (tertiary/aromatic N) is 5. The fraction of sp³-hybridized carbons (Fsp3) is 0.125. The fourth-order valence-corrected chi connectivity index (χ4v) is 2.36. The quantitative estimate of drug-likeness (QED) is 0.525. The summed E-state index contributed by atoms with van der Waals surface area (Å²) < 4.78 is 6.39. The summed E-state index contributed by atoms with van der Waals surface area (Å²) in [5, 5.41) is 17.9. The van der Waals surface area contributed by atoms with E-state index in [2.05, 4.69) is 20.4 Å². The number of nitro benzene ring substituents is 1. The van der Waals surface area contributed by atoms with Gasteiger partial charge in [-0.05, 0) is 18.2 Å². The van der Waals surface area contributed by atoms with Crippen molar-refractivity contribution in [2.45, 2.75) is 6.54 Å². The second-order valence-corrected chi connectivity index (χ2v) is 5.16. The van der Waals surface area contributed by atoms with Crippen LogP contribution in [0.15, 0.2) is 49.2 Å². The van der Waals surface area contributed by atoms with Crippen molar-refractivity contribution in [3.8, 4) is 11.6 Å². The molecule has 3 aromatic rings. The molecule has 0 spiro atoms. The molecule has 1 amide bonds. The van der Waals surface area contributed by atoms with E-state index in [0.29, 0.717) is 11.4 Å². The number of nitrogens with one attached hydrogen (secondary N) is 1. The molecule has 0 aliphatic rings. The molecule has 3 rings (SSSR count). The van der Waals surface area contributed by atoms with Crippen LogP contribution in [-0.2, 0) is 6.54 Å². The third kappa shape index (κ3) is 3.48. The Morgan fingerprint density at radius 2 is 2.23 bits per heavy atom. The number of hydrogen-bond acceptors (Lipinski definition) is 7. The van der Waals surface area contributed by atoms with E-state index in [0.717, 1.165) is 0 Å². The molecule has 0 fully saturated rings. The van der Waals surface area contributed by atoms with Crippen molar-refractivity contribution in [1.82, 2.24) is 25.1 Å². The van der Waals surface area contributed by atoms with E-state index in [-0.39, 0.29) is 23.5 Å². The standard InChI is InChI=1S/C16H14N6O4/c1-26-16-12(3-2-6-18-16)8-19-15(23)11-4-5-13(14(7-11)22(24)25)21-10-17-9-20-21/h2-7,9-10H,8H2,1H3,(H,19,23). The smallest absolute Gasteiger partial charge is 0.295 e. The average Bonchev–Trinajstić information content (AvgIpc) is 3.20. The highest BCUT2D eigenvalue weighted by molar-refractivity contribution is 5.95. The molecule has 26 heavy (non-hydrogen) atoms. The van der Waals surface area contributed by atoms with Crippen molar-refractivity contribution in [3.05, 3.63) is 70.4 Å². The van der Waals surface area contributed by atoms with E-state index >= 15 is 0 Å². The van der Waals surface area contributed by atoms with Gasteiger partial charge in [0.05, 0.1) is 12.0 Å². The Kier molecular flexibility index (Phi) is 4.83. The van der Waals surface area contributed by atoms with E-state index in [4.69, 9.17) is 4.74 Å². The predicted molar refractivity (Wildman–Crippen MR) is 90.0 cm³/mol. The summed E-state index contributed by atoms with van der Waals surface area (Å²) >= 11 is 0. The number of hydrogen-bond donors (Lipinski definition) is 1. The van der Waals surface area contributed by atoms with E-state index in [1.54, 1.807) is 18.3 Å². The zero-order valence-electron chi connectivity index (χ0n) is 13.7. The largest absolute Gasteiger partial charge is 0.481 e. The van der Waals surface area contributed by atoms with Gasteiger partial charge in [-0.3, -0.25) is 14.9 Å². The summed E-state index contributed by atoms with van der Waals surface area (Å²) in [6.45, 7) is 0.175. The molecule has 0 unspecified atom stereocenters. The van der Waals surface area contributed by atoms with Crippen LogP contribution in [0.25, 0.3) is 5.69 Å². The summed E-state index contributed by atoms with van der Waals surface area (Å²) in [7, 11) is 1.49. The summed E-state index contributed by atoms with van der Waals surface area (Å²) in [6.07, 6.45) is 4.19. The Balaban J connectivity index is 1.81. The van der Waals surface area contributed by atoms with Gasteiger partial charge in [-0.25, -0.2) is 14.6 Å². The molecule has 0 aliphatic carbocycles. The lowest BCUT2D eigenvalue weighted by Crippen LogP contribution is -2.23. The minimum atomic E-state index is -0.571. The molecule has 2 heterocycles. The first kappa shape index (κ1) is 17.0. The minimum Gasteiger partial charge on any atom is -0.481 e. The van der Waals surface area contributed by atoms with Crippen molar-refractivity contribution in [1.29, 1.82) is 0 Å². The van der Waals surface area contributed by atoms with E-state index in [1.807, 2.05) is 0 Å². The molecular formula is C16H14N6O4. The molecule has 132 valence electrons. The molecule has 0 saturated carbocycles. The topological polar surface area (TPSA) is 125 Å². The third-order valence-electron chi connectivity index (χ3n) is 3.58. The Morgan fingerprint density at radius 3 is 2.92 bits per heavy atom. The van der Waals surface area contributed by atoms with Crippen LogP contribution < -0.4 is 10.1 Å². The van der Waals surface area contributed by atoms with Gasteiger partial charge in [0.25, 0.3) is 11.6 Å². The van der Waals surface area contributed by atoms with Crippen LogP contribution in [0.5, 0.6) is 5.88 Å². The number of rotatable bonds is 6. The highest BCUT2D eigenvalue weighted by Crippen LogP contribution is 2.23. The molecule has 0 bridgehead atoms. The number of methoxy groups -OCH3 is 1. The highest BCUT2D eigenvalue weighted by atomic mass is 16.6. The number of amides is 1. The van der Waals surface area contributed by atoms with Gasteiger partial charge >= 0.3 is 0 Å². The van der Waals surface area contributed by atoms with Gasteiger partial charge < -0.3 is 10.1 Å². The van der Waals surface area contributed by atoms with Crippen molar-refractivity contribution in [3.63, 3.8) is 0 Å². The van der Waals surface area contributed by atoms with Gasteiger partial charge in [0, 0.05) is 29.9 Å². The van der Waals surface area contributed by atoms with Crippen molar-refractivity contribution >= 4 is 11.6 Å². The maximum atomic E-state index is 12.4. The van der Waals surface area contributed by atoms with Crippen LogP contribution in [0.1, 0.15) is 15.9 Å². The SMILES string of the molecule is COc1ncccc1CNC(=O)c1ccc(-n2cncn2)c([N+](=O)[O-])c1. The van der Waals surface area contributed by atoms with Gasteiger partial charge in [0.15, 0.2) is 0 Å². The summed E-state index contributed by atoms with van der Waals surface area (Å²) in [5.74, 6) is -0.0514. The van der Waals surface area contributed by atoms with Gasteiger partial charge in [0.1, 0.15) is 18.3 Å². The maximum Gasteiger partial charge on any atom is 0.295 e. The van der Waals surface area contributed by atoms with Gasteiger partial charge in [-0.2, -0.15) is 5.10 Å². The summed E-state index contributed by atoms with van der Waals surface area (Å²) in [6, 6.07) is 7.63.